The second-order valence-electron chi connectivity index (χ2n) is 4.78. The normalized spacial score (nSPS) is 10.5. The molecule has 6 heteroatoms. The third kappa shape index (κ3) is 3.07. The van der Waals surface area contributed by atoms with Gasteiger partial charge in [-0.1, -0.05) is 18.3 Å². The average molecular weight is 327 g/mol. The molecule has 0 radical (unpaired) electrons. The minimum Gasteiger partial charge on any atom is -0.493 e. The zero-order valence-corrected chi connectivity index (χ0v) is 13.3. The Morgan fingerprint density at radius 3 is 2.57 bits per heavy atom. The first-order chi connectivity index (χ1) is 11.1. The van der Waals surface area contributed by atoms with Gasteiger partial charge in [-0.15, -0.1) is 0 Å². The number of aromatic nitrogens is 1. The van der Waals surface area contributed by atoms with Gasteiger partial charge < -0.3 is 13.9 Å². The quantitative estimate of drug-likeness (QED) is 0.409. The predicted octanol–water partition coefficient (Wildman–Crippen LogP) is 4.16. The van der Waals surface area contributed by atoms with Gasteiger partial charge in [-0.2, -0.15) is 0 Å². The molecule has 0 N–H and O–H groups in total. The molecule has 0 saturated carbocycles. The lowest BCUT2D eigenvalue weighted by atomic mass is 10.2. The van der Waals surface area contributed by atoms with Crippen LogP contribution in [0.5, 0.6) is 11.5 Å². The Morgan fingerprint density at radius 1 is 1.17 bits per heavy atom. The Balaban J connectivity index is 2.09. The number of carbonyl (C=O) groups is 1. The maximum Gasteiger partial charge on any atom is 0.308 e. The van der Waals surface area contributed by atoms with Crippen LogP contribution in [0, 0.1) is 4.64 Å². The van der Waals surface area contributed by atoms with Crippen molar-refractivity contribution >= 4 is 29.2 Å². The van der Waals surface area contributed by atoms with Crippen molar-refractivity contribution in [2.75, 3.05) is 7.11 Å². The van der Waals surface area contributed by atoms with Crippen LogP contribution in [-0.4, -0.2) is 18.1 Å². The van der Waals surface area contributed by atoms with E-state index in [-0.39, 0.29) is 5.97 Å². The van der Waals surface area contributed by atoms with Gasteiger partial charge >= 0.3 is 5.97 Å². The van der Waals surface area contributed by atoms with Crippen molar-refractivity contribution < 1.29 is 18.7 Å². The van der Waals surface area contributed by atoms with Gasteiger partial charge in [0.05, 0.1) is 12.5 Å². The van der Waals surface area contributed by atoms with Crippen LogP contribution < -0.4 is 9.47 Å². The molecule has 1 aromatic heterocycles. The van der Waals surface area contributed by atoms with Crippen LogP contribution in [0.1, 0.15) is 6.92 Å². The molecule has 0 atom stereocenters. The Labute approximate surface area is 137 Å². The summed E-state index contributed by atoms with van der Waals surface area (Å²) in [4.78, 5) is 15.3. The number of esters is 1. The fourth-order valence-corrected chi connectivity index (χ4v) is 2.42. The molecule has 3 aromatic rings. The number of methoxy groups -OCH3 is 1. The van der Waals surface area contributed by atoms with E-state index in [4.69, 9.17) is 26.1 Å². The van der Waals surface area contributed by atoms with Crippen molar-refractivity contribution in [2.24, 2.45) is 0 Å². The SMILES string of the molecule is COc1cccc2c(=S)nc(-c3ccc(OC(C)=O)cc3)oc12. The molecule has 1 heterocycles. The summed E-state index contributed by atoms with van der Waals surface area (Å²) in [5.41, 5.74) is 1.27. The molecule has 0 saturated heterocycles. The molecule has 0 fully saturated rings. The van der Waals surface area contributed by atoms with E-state index >= 15 is 0 Å². The Morgan fingerprint density at radius 2 is 1.91 bits per heavy atom. The summed E-state index contributed by atoms with van der Waals surface area (Å²) in [6, 6.07) is 12.3. The van der Waals surface area contributed by atoms with Crippen LogP contribution in [0.2, 0.25) is 0 Å². The molecule has 0 aliphatic carbocycles. The summed E-state index contributed by atoms with van der Waals surface area (Å²) < 4.78 is 16.6. The highest BCUT2D eigenvalue weighted by molar-refractivity contribution is 7.71. The van der Waals surface area contributed by atoms with Gasteiger partial charge in [0, 0.05) is 12.5 Å². The molecular weight excluding hydrogens is 314 g/mol. The van der Waals surface area contributed by atoms with Crippen LogP contribution in [0.4, 0.5) is 0 Å². The Bertz CT molecular complexity index is 931. The molecule has 0 aliphatic heterocycles. The number of hydrogen-bond acceptors (Lipinski definition) is 6. The monoisotopic (exact) mass is 327 g/mol. The first-order valence-electron chi connectivity index (χ1n) is 6.85. The molecule has 23 heavy (non-hydrogen) atoms. The van der Waals surface area contributed by atoms with Crippen molar-refractivity contribution in [3.05, 3.63) is 47.1 Å². The summed E-state index contributed by atoms with van der Waals surface area (Å²) in [5.74, 6) is 1.05. The van der Waals surface area contributed by atoms with Crippen molar-refractivity contribution in [1.82, 2.24) is 4.98 Å². The van der Waals surface area contributed by atoms with E-state index < -0.39 is 0 Å². The molecule has 3 rings (SSSR count). The summed E-state index contributed by atoms with van der Waals surface area (Å²) in [5, 5.41) is 0.722. The molecule has 5 nitrogen and oxygen atoms in total. The van der Waals surface area contributed by atoms with Crippen LogP contribution >= 0.6 is 12.2 Å². The minimum absolute atomic E-state index is 0.371. The lowest BCUT2D eigenvalue weighted by Crippen LogP contribution is -2.00. The summed E-state index contributed by atoms with van der Waals surface area (Å²) in [6.45, 7) is 1.35. The van der Waals surface area contributed by atoms with Gasteiger partial charge in [0.1, 0.15) is 10.4 Å². The summed E-state index contributed by atoms with van der Waals surface area (Å²) in [7, 11) is 1.57. The van der Waals surface area contributed by atoms with Crippen molar-refractivity contribution in [3.63, 3.8) is 0 Å². The predicted molar refractivity (Wildman–Crippen MR) is 88.1 cm³/mol. The van der Waals surface area contributed by atoms with Crippen molar-refractivity contribution in [2.45, 2.75) is 6.92 Å². The maximum absolute atomic E-state index is 10.9. The van der Waals surface area contributed by atoms with Gasteiger partial charge in [-0.25, -0.2) is 4.98 Å². The van der Waals surface area contributed by atoms with E-state index in [2.05, 4.69) is 4.98 Å². The second-order valence-corrected chi connectivity index (χ2v) is 5.17. The van der Waals surface area contributed by atoms with E-state index in [0.717, 1.165) is 10.9 Å². The summed E-state index contributed by atoms with van der Waals surface area (Å²) >= 11 is 5.34. The topological polar surface area (TPSA) is 61.6 Å². The molecule has 0 spiro atoms. The summed E-state index contributed by atoms with van der Waals surface area (Å²) in [6.07, 6.45) is 0. The fraction of sp³-hybridized carbons (Fsp3) is 0.118. The lowest BCUT2D eigenvalue weighted by Gasteiger charge is -2.07. The van der Waals surface area contributed by atoms with Crippen molar-refractivity contribution in [3.8, 4) is 23.0 Å². The number of nitrogens with zero attached hydrogens (tertiary/aromatic N) is 1. The molecule has 0 amide bonds. The number of benzene rings is 2. The van der Waals surface area contributed by atoms with Crippen LogP contribution in [0.15, 0.2) is 46.9 Å². The lowest BCUT2D eigenvalue weighted by molar-refractivity contribution is -0.131. The van der Waals surface area contributed by atoms with E-state index in [1.165, 1.54) is 6.92 Å². The molecule has 0 unspecified atom stereocenters. The zero-order valence-electron chi connectivity index (χ0n) is 12.5. The highest BCUT2D eigenvalue weighted by Gasteiger charge is 2.11. The first-order valence-corrected chi connectivity index (χ1v) is 7.26. The van der Waals surface area contributed by atoms with Gasteiger partial charge in [0.15, 0.2) is 11.3 Å². The van der Waals surface area contributed by atoms with E-state index in [9.17, 15) is 4.79 Å². The van der Waals surface area contributed by atoms with E-state index in [1.54, 1.807) is 37.4 Å². The number of rotatable bonds is 3. The molecule has 2 aromatic carbocycles. The van der Waals surface area contributed by atoms with Crippen LogP contribution in [-0.2, 0) is 4.79 Å². The van der Waals surface area contributed by atoms with E-state index in [0.29, 0.717) is 27.6 Å². The highest BCUT2D eigenvalue weighted by atomic mass is 32.1. The number of carbonyl (C=O) groups excluding carboxylic acids is 1. The van der Waals surface area contributed by atoms with Crippen LogP contribution in [0.3, 0.4) is 0 Å². The average Bonchev–Trinajstić information content (AvgIpc) is 2.54. The Kier molecular flexibility index (Phi) is 4.08. The number of ether oxygens (including phenoxy) is 2. The molecule has 0 bridgehead atoms. The fourth-order valence-electron chi connectivity index (χ4n) is 2.18. The first kappa shape index (κ1) is 15.2. The zero-order chi connectivity index (χ0) is 16.4. The third-order valence-electron chi connectivity index (χ3n) is 3.19. The standard InChI is InChI=1S/C17H13NO4S/c1-10(19)21-12-8-6-11(7-9-12)16-18-17(23)13-4-3-5-14(20-2)15(13)22-16/h3-9H,1-2H3. The smallest absolute Gasteiger partial charge is 0.308 e. The van der Waals surface area contributed by atoms with E-state index in [1.807, 2.05) is 12.1 Å². The molecular formula is C17H13NO4S. The van der Waals surface area contributed by atoms with Gasteiger partial charge in [-0.05, 0) is 36.4 Å². The van der Waals surface area contributed by atoms with Gasteiger partial charge in [-0.3, -0.25) is 4.79 Å². The Hall–Kier alpha value is -2.73. The highest BCUT2D eigenvalue weighted by Crippen LogP contribution is 2.30. The largest absolute Gasteiger partial charge is 0.493 e. The number of fused-ring (bicyclic) bond motifs is 1. The molecule has 0 aliphatic rings. The second kappa shape index (κ2) is 6.18. The number of hydrogen-bond donors (Lipinski definition) is 0. The third-order valence-corrected chi connectivity index (χ3v) is 3.51. The van der Waals surface area contributed by atoms with Gasteiger partial charge in [0.25, 0.3) is 0 Å². The van der Waals surface area contributed by atoms with Gasteiger partial charge in [0.2, 0.25) is 5.89 Å². The maximum atomic E-state index is 10.9. The van der Waals surface area contributed by atoms with Crippen LogP contribution in [0.25, 0.3) is 22.4 Å². The minimum atomic E-state index is -0.371. The van der Waals surface area contributed by atoms with Crippen molar-refractivity contribution in [1.29, 1.82) is 0 Å². The number of para-hydroxylation sites is 1. The molecule has 116 valence electrons.